The van der Waals surface area contributed by atoms with Crippen LogP contribution in [-0.4, -0.2) is 16.3 Å². The van der Waals surface area contributed by atoms with Crippen molar-refractivity contribution in [2.75, 3.05) is 10.6 Å². The van der Waals surface area contributed by atoms with Crippen LogP contribution in [0.2, 0.25) is 0 Å². The lowest BCUT2D eigenvalue weighted by Crippen LogP contribution is -2.18. The van der Waals surface area contributed by atoms with Crippen molar-refractivity contribution in [3.05, 3.63) is 36.5 Å². The molecule has 3 N–H and O–H groups in total. The van der Waals surface area contributed by atoms with Crippen LogP contribution >= 0.6 is 0 Å². The van der Waals surface area contributed by atoms with Crippen LogP contribution in [0.4, 0.5) is 16.4 Å². The summed E-state index contributed by atoms with van der Waals surface area (Å²) in [6.07, 6.45) is 1.42. The summed E-state index contributed by atoms with van der Waals surface area (Å²) in [6, 6.07) is 7.27. The van der Waals surface area contributed by atoms with Gasteiger partial charge in [0.2, 0.25) is 5.88 Å². The summed E-state index contributed by atoms with van der Waals surface area (Å²) in [7, 11) is 0. The highest BCUT2D eigenvalue weighted by Crippen LogP contribution is 2.15. The number of carbonyl (C=O) groups excluding carboxylic acids is 1. The molecule has 0 aliphatic rings. The van der Waals surface area contributed by atoms with Gasteiger partial charge in [-0.25, -0.2) is 4.79 Å². The van der Waals surface area contributed by atoms with Crippen molar-refractivity contribution in [1.29, 1.82) is 0 Å². The number of rotatable bonds is 2. The molecule has 6 heteroatoms. The molecule has 0 atom stereocenters. The van der Waals surface area contributed by atoms with Gasteiger partial charge in [-0.3, -0.25) is 5.32 Å². The standard InChI is InChI=1S/C10H9N3O3/c14-8-3-1-2-7(6-8)12-10(15)13-9-4-5-11-16-9/h1-6,14H,(H2,12,13,15). The number of aromatic hydroxyl groups is 1. The van der Waals surface area contributed by atoms with E-state index in [0.717, 1.165) is 0 Å². The van der Waals surface area contributed by atoms with Crippen LogP contribution in [0, 0.1) is 0 Å². The predicted octanol–water partition coefficient (Wildman–Crippen LogP) is 2.02. The normalized spacial score (nSPS) is 9.75. The minimum atomic E-state index is -0.470. The van der Waals surface area contributed by atoms with E-state index in [1.165, 1.54) is 24.4 Å². The molecule has 0 unspecified atom stereocenters. The maximum Gasteiger partial charge on any atom is 0.326 e. The first kappa shape index (κ1) is 10.0. The maximum atomic E-state index is 11.4. The molecular formula is C10H9N3O3. The minimum Gasteiger partial charge on any atom is -0.508 e. The van der Waals surface area contributed by atoms with Crippen molar-refractivity contribution < 1.29 is 14.4 Å². The molecule has 0 saturated heterocycles. The number of aromatic nitrogens is 1. The summed E-state index contributed by atoms with van der Waals surface area (Å²) in [6.45, 7) is 0. The largest absolute Gasteiger partial charge is 0.508 e. The van der Waals surface area contributed by atoms with E-state index in [0.29, 0.717) is 5.69 Å². The molecule has 0 radical (unpaired) electrons. The highest BCUT2D eigenvalue weighted by atomic mass is 16.5. The van der Waals surface area contributed by atoms with Crippen LogP contribution in [0.15, 0.2) is 41.1 Å². The monoisotopic (exact) mass is 219 g/mol. The molecule has 0 spiro atoms. The summed E-state index contributed by atoms with van der Waals surface area (Å²) < 4.78 is 4.69. The summed E-state index contributed by atoms with van der Waals surface area (Å²) in [5.74, 6) is 0.329. The van der Waals surface area contributed by atoms with Crippen LogP contribution < -0.4 is 10.6 Å². The number of hydrogen-bond donors (Lipinski definition) is 3. The number of phenols is 1. The first-order chi connectivity index (χ1) is 7.74. The third kappa shape index (κ3) is 2.50. The summed E-state index contributed by atoms with van der Waals surface area (Å²) in [5.41, 5.74) is 0.483. The number of phenolic OH excluding ortho intramolecular Hbond substituents is 1. The van der Waals surface area contributed by atoms with Crippen LogP contribution in [-0.2, 0) is 0 Å². The fraction of sp³-hybridized carbons (Fsp3) is 0. The van der Waals surface area contributed by atoms with Gasteiger partial charge in [-0.05, 0) is 12.1 Å². The summed E-state index contributed by atoms with van der Waals surface area (Å²) in [5, 5.41) is 17.6. The van der Waals surface area contributed by atoms with E-state index in [4.69, 9.17) is 4.52 Å². The fourth-order valence-corrected chi connectivity index (χ4v) is 1.14. The maximum absolute atomic E-state index is 11.4. The average molecular weight is 219 g/mol. The molecule has 0 bridgehead atoms. The van der Waals surface area contributed by atoms with E-state index < -0.39 is 6.03 Å². The summed E-state index contributed by atoms with van der Waals surface area (Å²) in [4.78, 5) is 11.4. The number of amides is 2. The van der Waals surface area contributed by atoms with Crippen LogP contribution in [0.1, 0.15) is 0 Å². The lowest BCUT2D eigenvalue weighted by Gasteiger charge is -2.04. The second kappa shape index (κ2) is 4.35. The van der Waals surface area contributed by atoms with Gasteiger partial charge in [0.25, 0.3) is 0 Å². The average Bonchev–Trinajstić information content (AvgIpc) is 2.70. The van der Waals surface area contributed by atoms with Crippen molar-refractivity contribution >= 4 is 17.6 Å². The Labute approximate surface area is 90.9 Å². The number of carbonyl (C=O) groups is 1. The highest BCUT2D eigenvalue weighted by molar-refractivity contribution is 5.98. The number of nitrogens with one attached hydrogen (secondary N) is 2. The smallest absolute Gasteiger partial charge is 0.326 e. The second-order valence-electron chi connectivity index (χ2n) is 3.01. The lowest BCUT2D eigenvalue weighted by molar-refractivity contribution is 0.261. The Balaban J connectivity index is 1.97. The van der Waals surface area contributed by atoms with Crippen molar-refractivity contribution in [3.63, 3.8) is 0 Å². The Kier molecular flexibility index (Phi) is 2.73. The molecule has 0 aliphatic carbocycles. The zero-order valence-electron chi connectivity index (χ0n) is 8.18. The molecule has 0 aliphatic heterocycles. The topological polar surface area (TPSA) is 87.4 Å². The zero-order valence-corrected chi connectivity index (χ0v) is 8.18. The van der Waals surface area contributed by atoms with Gasteiger partial charge in [-0.15, -0.1) is 0 Å². The molecule has 6 nitrogen and oxygen atoms in total. The van der Waals surface area contributed by atoms with E-state index >= 15 is 0 Å². The molecule has 82 valence electrons. The first-order valence-electron chi connectivity index (χ1n) is 4.52. The quantitative estimate of drug-likeness (QED) is 0.721. The van der Waals surface area contributed by atoms with Crippen LogP contribution in [0.3, 0.4) is 0 Å². The van der Waals surface area contributed by atoms with Gasteiger partial charge in [0, 0.05) is 17.8 Å². The van der Waals surface area contributed by atoms with Gasteiger partial charge in [0.05, 0.1) is 6.20 Å². The molecule has 0 saturated carbocycles. The molecule has 1 heterocycles. The van der Waals surface area contributed by atoms with Crippen molar-refractivity contribution in [1.82, 2.24) is 5.16 Å². The third-order valence-electron chi connectivity index (χ3n) is 1.78. The van der Waals surface area contributed by atoms with Crippen molar-refractivity contribution in [2.45, 2.75) is 0 Å². The van der Waals surface area contributed by atoms with Crippen molar-refractivity contribution in [3.8, 4) is 5.75 Å². The Morgan fingerprint density at radius 2 is 2.19 bits per heavy atom. The van der Waals surface area contributed by atoms with Crippen LogP contribution in [0.5, 0.6) is 5.75 Å². The van der Waals surface area contributed by atoms with E-state index in [1.54, 1.807) is 12.1 Å². The second-order valence-corrected chi connectivity index (χ2v) is 3.01. The third-order valence-corrected chi connectivity index (χ3v) is 1.78. The highest BCUT2D eigenvalue weighted by Gasteiger charge is 2.04. The Hall–Kier alpha value is -2.50. The van der Waals surface area contributed by atoms with Gasteiger partial charge < -0.3 is 14.9 Å². The minimum absolute atomic E-state index is 0.0810. The Bertz CT molecular complexity index is 482. The van der Waals surface area contributed by atoms with Gasteiger partial charge in [-0.2, -0.15) is 0 Å². The molecule has 1 aromatic carbocycles. The van der Waals surface area contributed by atoms with Crippen LogP contribution in [0.25, 0.3) is 0 Å². The molecule has 16 heavy (non-hydrogen) atoms. The van der Waals surface area contributed by atoms with Gasteiger partial charge >= 0.3 is 6.03 Å². The van der Waals surface area contributed by atoms with E-state index in [9.17, 15) is 9.90 Å². The van der Waals surface area contributed by atoms with E-state index in [2.05, 4.69) is 15.8 Å². The van der Waals surface area contributed by atoms with Crippen molar-refractivity contribution in [2.24, 2.45) is 0 Å². The molecule has 2 aromatic rings. The SMILES string of the molecule is O=C(Nc1cccc(O)c1)Nc1ccno1. The summed E-state index contributed by atoms with van der Waals surface area (Å²) >= 11 is 0. The number of urea groups is 1. The number of benzene rings is 1. The number of anilines is 2. The molecule has 2 amide bonds. The first-order valence-corrected chi connectivity index (χ1v) is 4.52. The molecule has 1 aromatic heterocycles. The van der Waals surface area contributed by atoms with E-state index in [-0.39, 0.29) is 11.6 Å². The molecule has 0 fully saturated rings. The van der Waals surface area contributed by atoms with Gasteiger partial charge in [0.15, 0.2) is 0 Å². The lowest BCUT2D eigenvalue weighted by atomic mass is 10.3. The Morgan fingerprint density at radius 1 is 1.31 bits per heavy atom. The Morgan fingerprint density at radius 3 is 2.88 bits per heavy atom. The molecular weight excluding hydrogens is 210 g/mol. The number of nitrogens with zero attached hydrogens (tertiary/aromatic N) is 1. The van der Waals surface area contributed by atoms with E-state index in [1.807, 2.05) is 0 Å². The van der Waals surface area contributed by atoms with Gasteiger partial charge in [0.1, 0.15) is 5.75 Å². The zero-order chi connectivity index (χ0) is 11.4. The predicted molar refractivity (Wildman–Crippen MR) is 57.3 cm³/mol. The van der Waals surface area contributed by atoms with Gasteiger partial charge in [-0.1, -0.05) is 11.2 Å². The molecule has 2 rings (SSSR count). The fourth-order valence-electron chi connectivity index (χ4n) is 1.14. The number of hydrogen-bond acceptors (Lipinski definition) is 4.